The van der Waals surface area contributed by atoms with Crippen LogP contribution in [0.15, 0.2) is 30.3 Å². The molecular weight excluding hydrogens is 286 g/mol. The van der Waals surface area contributed by atoms with Crippen molar-refractivity contribution in [3.05, 3.63) is 35.9 Å². The van der Waals surface area contributed by atoms with Crippen LogP contribution in [0.1, 0.15) is 50.0 Å². The third-order valence-electron chi connectivity index (χ3n) is 6.19. The minimum Gasteiger partial charge on any atom is -0.342 e. The molecule has 1 aromatic carbocycles. The van der Waals surface area contributed by atoms with E-state index in [2.05, 4.69) is 45.9 Å². The number of nitrogens with one attached hydrogen (secondary N) is 2. The van der Waals surface area contributed by atoms with Crippen molar-refractivity contribution >= 4 is 5.91 Å². The molecule has 0 aromatic heterocycles. The second-order valence-corrected chi connectivity index (χ2v) is 7.35. The van der Waals surface area contributed by atoms with Crippen LogP contribution < -0.4 is 10.6 Å². The predicted octanol–water partition coefficient (Wildman–Crippen LogP) is 2.22. The molecule has 3 fully saturated rings. The third-order valence-corrected chi connectivity index (χ3v) is 6.19. The quantitative estimate of drug-likeness (QED) is 0.880. The molecule has 0 radical (unpaired) electrons. The molecule has 1 saturated carbocycles. The first-order chi connectivity index (χ1) is 11.3. The summed E-state index contributed by atoms with van der Waals surface area (Å²) >= 11 is 0. The average Bonchev–Trinajstić information content (AvgIpc) is 2.97. The summed E-state index contributed by atoms with van der Waals surface area (Å²) in [5.41, 5.74) is 1.21. The van der Waals surface area contributed by atoms with Gasteiger partial charge in [-0.2, -0.15) is 0 Å². The Morgan fingerprint density at radius 1 is 1.04 bits per heavy atom. The minimum atomic E-state index is -0.284. The van der Waals surface area contributed by atoms with Gasteiger partial charge in [0, 0.05) is 19.1 Å². The van der Waals surface area contributed by atoms with Crippen molar-refractivity contribution in [1.82, 2.24) is 15.5 Å². The number of rotatable bonds is 2. The molecule has 1 spiro atoms. The van der Waals surface area contributed by atoms with Crippen LogP contribution in [0.2, 0.25) is 0 Å². The summed E-state index contributed by atoms with van der Waals surface area (Å²) in [6.07, 6.45) is 7.17. The van der Waals surface area contributed by atoms with Crippen molar-refractivity contribution < 1.29 is 4.79 Å². The normalized spacial score (nSPS) is 31.2. The second kappa shape index (κ2) is 6.25. The SMILES string of the molecule is O=C1NCNC12CCN([C@H]1CCCC[C@H]1c1ccccc1)CC2. The smallest absolute Gasteiger partial charge is 0.241 e. The number of carbonyl (C=O) groups is 1. The number of hydrogen-bond acceptors (Lipinski definition) is 3. The van der Waals surface area contributed by atoms with Gasteiger partial charge in [-0.1, -0.05) is 43.2 Å². The van der Waals surface area contributed by atoms with Gasteiger partial charge in [0.2, 0.25) is 5.91 Å². The Balaban J connectivity index is 1.47. The van der Waals surface area contributed by atoms with E-state index in [1.165, 1.54) is 31.2 Å². The van der Waals surface area contributed by atoms with Gasteiger partial charge < -0.3 is 5.32 Å². The van der Waals surface area contributed by atoms with Gasteiger partial charge >= 0.3 is 0 Å². The van der Waals surface area contributed by atoms with Crippen LogP contribution in [0.3, 0.4) is 0 Å². The van der Waals surface area contributed by atoms with Gasteiger partial charge in [-0.05, 0) is 37.2 Å². The molecule has 1 aliphatic carbocycles. The van der Waals surface area contributed by atoms with E-state index >= 15 is 0 Å². The summed E-state index contributed by atoms with van der Waals surface area (Å²) in [4.78, 5) is 14.8. The highest BCUT2D eigenvalue weighted by Gasteiger charge is 2.45. The lowest BCUT2D eigenvalue weighted by Gasteiger charge is -2.45. The molecule has 4 nitrogen and oxygen atoms in total. The fourth-order valence-electron chi connectivity index (χ4n) is 4.82. The molecule has 124 valence electrons. The van der Waals surface area contributed by atoms with Crippen molar-refractivity contribution in [2.75, 3.05) is 19.8 Å². The lowest BCUT2D eigenvalue weighted by molar-refractivity contribution is -0.126. The van der Waals surface area contributed by atoms with Crippen LogP contribution >= 0.6 is 0 Å². The van der Waals surface area contributed by atoms with Crippen molar-refractivity contribution in [2.45, 2.75) is 56.0 Å². The Hall–Kier alpha value is -1.39. The lowest BCUT2D eigenvalue weighted by Crippen LogP contribution is -2.57. The Morgan fingerprint density at radius 2 is 1.78 bits per heavy atom. The molecule has 2 heterocycles. The topological polar surface area (TPSA) is 44.4 Å². The number of piperidine rings is 1. The van der Waals surface area contributed by atoms with Crippen LogP contribution in [-0.4, -0.2) is 42.1 Å². The zero-order chi connectivity index (χ0) is 15.7. The van der Waals surface area contributed by atoms with Crippen molar-refractivity contribution in [1.29, 1.82) is 0 Å². The van der Waals surface area contributed by atoms with Crippen LogP contribution in [0, 0.1) is 0 Å². The maximum absolute atomic E-state index is 12.1. The third kappa shape index (κ3) is 2.79. The first-order valence-corrected chi connectivity index (χ1v) is 9.11. The van der Waals surface area contributed by atoms with Gasteiger partial charge in [0.05, 0.1) is 6.67 Å². The molecule has 1 aromatic rings. The summed E-state index contributed by atoms with van der Waals surface area (Å²) in [7, 11) is 0. The first kappa shape index (κ1) is 15.2. The largest absolute Gasteiger partial charge is 0.342 e. The molecule has 2 saturated heterocycles. The number of nitrogens with zero attached hydrogens (tertiary/aromatic N) is 1. The zero-order valence-corrected chi connectivity index (χ0v) is 13.8. The molecule has 2 atom stereocenters. The lowest BCUT2D eigenvalue weighted by atomic mass is 9.77. The Labute approximate surface area is 138 Å². The molecule has 2 N–H and O–H groups in total. The van der Waals surface area contributed by atoms with Gasteiger partial charge in [0.25, 0.3) is 0 Å². The Kier molecular flexibility index (Phi) is 4.12. The maximum Gasteiger partial charge on any atom is 0.241 e. The number of benzene rings is 1. The summed E-state index contributed by atoms with van der Waals surface area (Å²) in [6.45, 7) is 2.71. The van der Waals surface area contributed by atoms with Crippen molar-refractivity contribution in [3.63, 3.8) is 0 Å². The monoisotopic (exact) mass is 313 g/mol. The number of likely N-dealkylation sites (tertiary alicyclic amines) is 1. The van der Waals surface area contributed by atoms with Crippen molar-refractivity contribution in [3.8, 4) is 0 Å². The first-order valence-electron chi connectivity index (χ1n) is 9.11. The molecule has 4 heteroatoms. The van der Waals surface area contributed by atoms with Crippen LogP contribution in [0.25, 0.3) is 0 Å². The molecule has 0 unspecified atom stereocenters. The number of amides is 1. The van der Waals surface area contributed by atoms with E-state index in [1.807, 2.05) is 0 Å². The average molecular weight is 313 g/mol. The molecule has 4 rings (SSSR count). The molecular formula is C19H27N3O. The molecule has 2 aliphatic heterocycles. The summed E-state index contributed by atoms with van der Waals surface area (Å²) in [6, 6.07) is 11.7. The molecule has 3 aliphatic rings. The number of hydrogen-bond donors (Lipinski definition) is 2. The highest BCUT2D eigenvalue weighted by molar-refractivity contribution is 5.88. The van der Waals surface area contributed by atoms with Gasteiger partial charge in [-0.3, -0.25) is 15.0 Å². The highest BCUT2D eigenvalue weighted by atomic mass is 16.2. The van der Waals surface area contributed by atoms with E-state index in [0.29, 0.717) is 18.6 Å². The van der Waals surface area contributed by atoms with Gasteiger partial charge in [-0.25, -0.2) is 0 Å². The predicted molar refractivity (Wildman–Crippen MR) is 91.1 cm³/mol. The Morgan fingerprint density at radius 3 is 2.48 bits per heavy atom. The Bertz CT molecular complexity index is 551. The van der Waals surface area contributed by atoms with Crippen LogP contribution in [-0.2, 0) is 4.79 Å². The molecule has 23 heavy (non-hydrogen) atoms. The van der Waals surface area contributed by atoms with E-state index in [4.69, 9.17) is 0 Å². The molecule has 0 bridgehead atoms. The standard InChI is InChI=1S/C19H27N3O/c23-18-19(21-14-20-18)10-12-22(13-11-19)17-9-5-4-8-16(17)15-6-2-1-3-7-15/h1-3,6-7,16-17,21H,4-5,8-14H2,(H,20,23)/t16-,17-/m0/s1. The number of carbonyl (C=O) groups excluding carboxylic acids is 1. The van der Waals surface area contributed by atoms with E-state index in [-0.39, 0.29) is 11.4 Å². The summed E-state index contributed by atoms with van der Waals surface area (Å²) in [5, 5.41) is 6.34. The van der Waals surface area contributed by atoms with Crippen LogP contribution in [0.4, 0.5) is 0 Å². The zero-order valence-electron chi connectivity index (χ0n) is 13.8. The van der Waals surface area contributed by atoms with Gasteiger partial charge in [-0.15, -0.1) is 0 Å². The summed E-state index contributed by atoms with van der Waals surface area (Å²) in [5.74, 6) is 0.866. The van der Waals surface area contributed by atoms with E-state index in [9.17, 15) is 4.79 Å². The van der Waals surface area contributed by atoms with E-state index in [0.717, 1.165) is 25.9 Å². The minimum absolute atomic E-state index is 0.209. The fourth-order valence-corrected chi connectivity index (χ4v) is 4.82. The second-order valence-electron chi connectivity index (χ2n) is 7.35. The van der Waals surface area contributed by atoms with Gasteiger partial charge in [0.1, 0.15) is 5.54 Å². The maximum atomic E-state index is 12.1. The van der Waals surface area contributed by atoms with Gasteiger partial charge in [0.15, 0.2) is 0 Å². The van der Waals surface area contributed by atoms with Crippen LogP contribution in [0.5, 0.6) is 0 Å². The highest BCUT2D eigenvalue weighted by Crippen LogP contribution is 2.38. The summed E-state index contributed by atoms with van der Waals surface area (Å²) < 4.78 is 0. The molecule has 1 amide bonds. The van der Waals surface area contributed by atoms with E-state index in [1.54, 1.807) is 0 Å². The van der Waals surface area contributed by atoms with E-state index < -0.39 is 0 Å². The van der Waals surface area contributed by atoms with Crippen molar-refractivity contribution in [2.24, 2.45) is 0 Å². The fraction of sp³-hybridized carbons (Fsp3) is 0.632.